The molecule has 4 aromatic carbocycles. The van der Waals surface area contributed by atoms with Crippen LogP contribution in [-0.2, 0) is 9.59 Å². The molecule has 3 N–H and O–H groups in total. The van der Waals surface area contributed by atoms with Gasteiger partial charge < -0.3 is 16.0 Å². The Hall–Kier alpha value is -4.73. The zero-order valence-electron chi connectivity index (χ0n) is 23.0. The number of rotatable bonds is 9. The van der Waals surface area contributed by atoms with E-state index in [2.05, 4.69) is 27.0 Å². The van der Waals surface area contributed by atoms with Crippen LogP contribution in [0, 0.1) is 13.8 Å². The number of amides is 3. The standard InChI is InChI=1S/C33H28N4O3S2/c1-21-12-17-27-29(18-21)42-33(36-27)37-30(38)20-41-26-15-13-25(14-16-26)34-32(40)28(19-24-11-7-6-8-22(24)2)35-31(39)23-9-4-3-5-10-23/h3-19H,20H2,1-2H3,(H,34,40)(H,35,39)(H,36,37,38)/b28-19-. The van der Waals surface area contributed by atoms with Crippen LogP contribution in [0.5, 0.6) is 0 Å². The van der Waals surface area contributed by atoms with Gasteiger partial charge in [0, 0.05) is 16.1 Å². The van der Waals surface area contributed by atoms with Crippen LogP contribution >= 0.6 is 23.1 Å². The molecule has 9 heteroatoms. The quantitative estimate of drug-likeness (QED) is 0.126. The zero-order chi connectivity index (χ0) is 29.5. The van der Waals surface area contributed by atoms with Gasteiger partial charge in [-0.3, -0.25) is 14.4 Å². The Morgan fingerprint density at radius 2 is 1.60 bits per heavy atom. The summed E-state index contributed by atoms with van der Waals surface area (Å²) >= 11 is 2.84. The van der Waals surface area contributed by atoms with Gasteiger partial charge in [0.25, 0.3) is 11.8 Å². The van der Waals surface area contributed by atoms with Crippen molar-refractivity contribution in [1.29, 1.82) is 0 Å². The highest BCUT2D eigenvalue weighted by Crippen LogP contribution is 2.27. The van der Waals surface area contributed by atoms with Crippen LogP contribution in [0.3, 0.4) is 0 Å². The average molecular weight is 593 g/mol. The van der Waals surface area contributed by atoms with Crippen LogP contribution < -0.4 is 16.0 Å². The lowest BCUT2D eigenvalue weighted by Gasteiger charge is -2.12. The van der Waals surface area contributed by atoms with Gasteiger partial charge in [-0.25, -0.2) is 4.98 Å². The Morgan fingerprint density at radius 3 is 2.36 bits per heavy atom. The van der Waals surface area contributed by atoms with Crippen LogP contribution in [0.15, 0.2) is 108 Å². The van der Waals surface area contributed by atoms with Crippen LogP contribution in [0.2, 0.25) is 0 Å². The number of nitrogens with zero attached hydrogens (tertiary/aromatic N) is 1. The summed E-state index contributed by atoms with van der Waals surface area (Å²) in [6, 6.07) is 29.6. The molecule has 0 saturated heterocycles. The molecule has 1 heterocycles. The van der Waals surface area contributed by atoms with Crippen molar-refractivity contribution in [3.05, 3.63) is 125 Å². The first-order valence-electron chi connectivity index (χ1n) is 13.2. The molecule has 1 aromatic heterocycles. The van der Waals surface area contributed by atoms with E-state index in [0.29, 0.717) is 16.4 Å². The molecule has 7 nitrogen and oxygen atoms in total. The molecule has 0 aliphatic carbocycles. The molecular formula is C33H28N4O3S2. The van der Waals surface area contributed by atoms with Crippen LogP contribution in [0.1, 0.15) is 27.0 Å². The number of nitrogens with one attached hydrogen (secondary N) is 3. The highest BCUT2D eigenvalue weighted by molar-refractivity contribution is 8.00. The molecular weight excluding hydrogens is 565 g/mol. The summed E-state index contributed by atoms with van der Waals surface area (Å²) in [7, 11) is 0. The lowest BCUT2D eigenvalue weighted by molar-refractivity contribution is -0.114. The molecule has 42 heavy (non-hydrogen) atoms. The van der Waals surface area contributed by atoms with Gasteiger partial charge in [0.05, 0.1) is 16.0 Å². The summed E-state index contributed by atoms with van der Waals surface area (Å²) in [5.41, 5.74) is 4.94. The fraction of sp³-hybridized carbons (Fsp3) is 0.0909. The van der Waals surface area contributed by atoms with Crippen molar-refractivity contribution in [2.45, 2.75) is 18.7 Å². The topological polar surface area (TPSA) is 100 Å². The largest absolute Gasteiger partial charge is 0.321 e. The summed E-state index contributed by atoms with van der Waals surface area (Å²) in [5.74, 6) is -0.756. The first-order valence-corrected chi connectivity index (χ1v) is 15.0. The maximum atomic E-state index is 13.3. The van der Waals surface area contributed by atoms with Crippen molar-refractivity contribution in [1.82, 2.24) is 10.3 Å². The number of thioether (sulfide) groups is 1. The van der Waals surface area contributed by atoms with Crippen molar-refractivity contribution in [2.24, 2.45) is 0 Å². The maximum absolute atomic E-state index is 13.3. The molecule has 0 fully saturated rings. The summed E-state index contributed by atoms with van der Waals surface area (Å²) in [5, 5.41) is 9.07. The summed E-state index contributed by atoms with van der Waals surface area (Å²) in [6.07, 6.45) is 1.67. The smallest absolute Gasteiger partial charge is 0.272 e. The number of aromatic nitrogens is 1. The van der Waals surface area contributed by atoms with Crippen molar-refractivity contribution in [2.75, 3.05) is 16.4 Å². The van der Waals surface area contributed by atoms with Crippen LogP contribution in [0.25, 0.3) is 16.3 Å². The van der Waals surface area contributed by atoms with E-state index in [1.54, 1.807) is 42.5 Å². The van der Waals surface area contributed by atoms with Gasteiger partial charge >= 0.3 is 0 Å². The average Bonchev–Trinajstić information content (AvgIpc) is 3.39. The lowest BCUT2D eigenvalue weighted by atomic mass is 10.1. The number of thiazole rings is 1. The highest BCUT2D eigenvalue weighted by Gasteiger charge is 2.16. The molecule has 0 atom stereocenters. The van der Waals surface area contributed by atoms with E-state index in [9.17, 15) is 14.4 Å². The molecule has 0 aliphatic rings. The first kappa shape index (κ1) is 28.8. The molecule has 0 unspecified atom stereocenters. The number of hydrogen-bond acceptors (Lipinski definition) is 6. The Balaban J connectivity index is 1.21. The van der Waals surface area contributed by atoms with E-state index in [0.717, 1.165) is 31.8 Å². The predicted molar refractivity (Wildman–Crippen MR) is 172 cm³/mol. The molecule has 5 aromatic rings. The van der Waals surface area contributed by atoms with Crippen molar-refractivity contribution in [3.63, 3.8) is 0 Å². The number of hydrogen-bond donors (Lipinski definition) is 3. The number of fused-ring (bicyclic) bond motifs is 1. The van der Waals surface area contributed by atoms with E-state index in [4.69, 9.17) is 0 Å². The van der Waals surface area contributed by atoms with Gasteiger partial charge in [0.15, 0.2) is 5.13 Å². The van der Waals surface area contributed by atoms with Crippen LogP contribution in [-0.4, -0.2) is 28.5 Å². The number of aryl methyl sites for hydroxylation is 2. The second-order valence-electron chi connectivity index (χ2n) is 9.54. The van der Waals surface area contributed by atoms with Crippen molar-refractivity contribution in [3.8, 4) is 0 Å². The Labute approximate surface area is 252 Å². The summed E-state index contributed by atoms with van der Waals surface area (Å²) in [6.45, 7) is 3.96. The van der Waals surface area contributed by atoms with Gasteiger partial charge in [0.2, 0.25) is 5.91 Å². The molecule has 0 saturated carbocycles. The van der Waals surface area contributed by atoms with Gasteiger partial charge in [-0.05, 0) is 85.1 Å². The Morgan fingerprint density at radius 1 is 0.857 bits per heavy atom. The third kappa shape index (κ3) is 7.51. The normalized spacial score (nSPS) is 11.2. The van der Waals surface area contributed by atoms with Gasteiger partial charge in [-0.2, -0.15) is 0 Å². The van der Waals surface area contributed by atoms with E-state index >= 15 is 0 Å². The van der Waals surface area contributed by atoms with Gasteiger partial charge in [-0.1, -0.05) is 59.9 Å². The van der Waals surface area contributed by atoms with E-state index < -0.39 is 5.91 Å². The minimum atomic E-state index is -0.451. The monoisotopic (exact) mass is 592 g/mol. The maximum Gasteiger partial charge on any atom is 0.272 e. The van der Waals surface area contributed by atoms with Gasteiger partial charge in [0.1, 0.15) is 5.70 Å². The number of carbonyl (C=O) groups excluding carboxylic acids is 3. The second-order valence-corrected chi connectivity index (χ2v) is 11.6. The second kappa shape index (κ2) is 13.3. The minimum absolute atomic E-state index is 0.123. The predicted octanol–water partition coefficient (Wildman–Crippen LogP) is 7.05. The SMILES string of the molecule is Cc1ccc2nc(NC(=O)CSc3ccc(NC(=O)/C(=C/c4ccccc4C)NC(=O)c4ccccc4)cc3)sc2c1. The third-order valence-corrected chi connectivity index (χ3v) is 8.24. The number of carbonyl (C=O) groups is 3. The molecule has 3 amide bonds. The highest BCUT2D eigenvalue weighted by atomic mass is 32.2. The molecule has 0 aliphatic heterocycles. The molecule has 0 bridgehead atoms. The Kier molecular flexibility index (Phi) is 9.11. The zero-order valence-corrected chi connectivity index (χ0v) is 24.6. The van der Waals surface area contributed by atoms with Crippen LogP contribution in [0.4, 0.5) is 10.8 Å². The van der Waals surface area contributed by atoms with Crippen molar-refractivity contribution >= 4 is 67.9 Å². The lowest BCUT2D eigenvalue weighted by Crippen LogP contribution is -2.30. The summed E-state index contributed by atoms with van der Waals surface area (Å²) in [4.78, 5) is 44.0. The van der Waals surface area contributed by atoms with Crippen molar-refractivity contribution < 1.29 is 14.4 Å². The minimum Gasteiger partial charge on any atom is -0.321 e. The third-order valence-electron chi connectivity index (χ3n) is 6.29. The fourth-order valence-corrected chi connectivity index (χ4v) is 5.75. The summed E-state index contributed by atoms with van der Waals surface area (Å²) < 4.78 is 1.03. The molecule has 0 radical (unpaired) electrons. The van der Waals surface area contributed by atoms with E-state index in [-0.39, 0.29) is 23.3 Å². The molecule has 210 valence electrons. The Bertz CT molecular complexity index is 1780. The fourth-order valence-electron chi connectivity index (χ4n) is 4.07. The van der Waals surface area contributed by atoms with E-state index in [1.807, 2.05) is 68.4 Å². The number of benzene rings is 4. The number of anilines is 2. The molecule has 0 spiro atoms. The first-order chi connectivity index (χ1) is 20.3. The van der Waals surface area contributed by atoms with Gasteiger partial charge in [-0.15, -0.1) is 11.8 Å². The van der Waals surface area contributed by atoms with E-state index in [1.165, 1.54) is 23.1 Å². The molecule has 5 rings (SSSR count).